The minimum absolute atomic E-state index is 0.0300. The number of hydrogen-bond acceptors (Lipinski definition) is 4. The molecular weight excluding hydrogens is 286 g/mol. The molecule has 0 bridgehead atoms. The molecule has 106 valence electrons. The molecule has 1 atom stereocenters. The lowest BCUT2D eigenvalue weighted by Crippen LogP contribution is -2.55. The average Bonchev–Trinajstić information content (AvgIpc) is 2.41. The van der Waals surface area contributed by atoms with Gasteiger partial charge in [0, 0.05) is 19.2 Å². The Morgan fingerprint density at radius 3 is 2.90 bits per heavy atom. The predicted molar refractivity (Wildman–Crippen MR) is 71.6 cm³/mol. The van der Waals surface area contributed by atoms with Crippen LogP contribution in [0.2, 0.25) is 5.02 Å². The summed E-state index contributed by atoms with van der Waals surface area (Å²) in [5.41, 5.74) is -0.297. The van der Waals surface area contributed by atoms with E-state index < -0.39 is 16.9 Å². The lowest BCUT2D eigenvalue weighted by Gasteiger charge is -2.33. The first kappa shape index (κ1) is 14.3. The van der Waals surface area contributed by atoms with E-state index in [0.29, 0.717) is 13.1 Å². The molecule has 1 aliphatic rings. The Morgan fingerprint density at radius 1 is 1.55 bits per heavy atom. The number of nitro groups is 1. The number of rotatable bonds is 2. The van der Waals surface area contributed by atoms with E-state index in [1.807, 2.05) is 0 Å². The molecule has 7 nitrogen and oxygen atoms in total. The number of hydrogen-bond donors (Lipinski definition) is 1. The van der Waals surface area contributed by atoms with E-state index in [2.05, 4.69) is 5.32 Å². The van der Waals surface area contributed by atoms with Crippen molar-refractivity contribution >= 4 is 29.1 Å². The van der Waals surface area contributed by atoms with Crippen molar-refractivity contribution in [2.45, 2.75) is 13.0 Å². The first-order valence-corrected chi connectivity index (χ1v) is 6.33. The topological polar surface area (TPSA) is 92.6 Å². The highest BCUT2D eigenvalue weighted by Gasteiger charge is 2.32. The van der Waals surface area contributed by atoms with Crippen LogP contribution in [0.5, 0.6) is 0 Å². The van der Waals surface area contributed by atoms with Crippen molar-refractivity contribution in [1.29, 1.82) is 0 Å². The molecule has 1 unspecified atom stereocenters. The number of piperazine rings is 1. The van der Waals surface area contributed by atoms with E-state index in [1.165, 1.54) is 23.1 Å². The third-order valence-corrected chi connectivity index (χ3v) is 3.56. The van der Waals surface area contributed by atoms with Gasteiger partial charge >= 0.3 is 0 Å². The highest BCUT2D eigenvalue weighted by atomic mass is 35.5. The van der Waals surface area contributed by atoms with Crippen molar-refractivity contribution in [2.24, 2.45) is 0 Å². The number of halogens is 1. The molecule has 1 aliphatic heterocycles. The van der Waals surface area contributed by atoms with Gasteiger partial charge in [-0.05, 0) is 13.0 Å². The van der Waals surface area contributed by atoms with E-state index >= 15 is 0 Å². The highest BCUT2D eigenvalue weighted by molar-refractivity contribution is 6.35. The fraction of sp³-hybridized carbons (Fsp3) is 0.333. The first-order chi connectivity index (χ1) is 9.43. The second-order valence-corrected chi connectivity index (χ2v) is 4.74. The molecule has 0 aromatic heterocycles. The number of carbonyl (C=O) groups is 2. The van der Waals surface area contributed by atoms with E-state index in [9.17, 15) is 19.7 Å². The maximum Gasteiger partial charge on any atom is 0.288 e. The van der Waals surface area contributed by atoms with Gasteiger partial charge in [-0.25, -0.2) is 0 Å². The zero-order chi connectivity index (χ0) is 14.9. The molecule has 2 rings (SSSR count). The Labute approximate surface area is 119 Å². The number of carbonyl (C=O) groups excluding carboxylic acids is 2. The zero-order valence-electron chi connectivity index (χ0n) is 10.6. The smallest absolute Gasteiger partial charge is 0.288 e. The predicted octanol–water partition coefficient (Wildman–Crippen LogP) is 1.21. The molecule has 0 aliphatic carbocycles. The molecule has 0 radical (unpaired) electrons. The quantitative estimate of drug-likeness (QED) is 0.656. The first-order valence-electron chi connectivity index (χ1n) is 5.95. The Bertz CT molecular complexity index is 590. The molecule has 2 amide bonds. The lowest BCUT2D eigenvalue weighted by molar-refractivity contribution is -0.384. The number of benzene rings is 1. The Balaban J connectivity index is 2.36. The molecule has 1 N–H and O–H groups in total. The van der Waals surface area contributed by atoms with Crippen LogP contribution in [-0.4, -0.2) is 40.8 Å². The van der Waals surface area contributed by atoms with Gasteiger partial charge in [-0.2, -0.15) is 0 Å². The SMILES string of the molecule is CC1C(=O)NCCN1C(=O)c1cccc([N+](=O)[O-])c1Cl. The maximum atomic E-state index is 12.4. The van der Waals surface area contributed by atoms with E-state index in [4.69, 9.17) is 11.6 Å². The van der Waals surface area contributed by atoms with Crippen LogP contribution in [-0.2, 0) is 4.79 Å². The van der Waals surface area contributed by atoms with Crippen LogP contribution >= 0.6 is 11.6 Å². The van der Waals surface area contributed by atoms with Gasteiger partial charge in [0.2, 0.25) is 5.91 Å². The molecule has 1 saturated heterocycles. The monoisotopic (exact) mass is 297 g/mol. The Kier molecular flexibility index (Phi) is 3.89. The second-order valence-electron chi connectivity index (χ2n) is 4.36. The molecule has 1 fully saturated rings. The fourth-order valence-corrected chi connectivity index (χ4v) is 2.32. The summed E-state index contributed by atoms with van der Waals surface area (Å²) in [5.74, 6) is -0.743. The fourth-order valence-electron chi connectivity index (χ4n) is 2.04. The number of nitrogens with one attached hydrogen (secondary N) is 1. The zero-order valence-corrected chi connectivity index (χ0v) is 11.4. The summed E-state index contributed by atoms with van der Waals surface area (Å²) in [5, 5.41) is 13.3. The molecule has 1 heterocycles. The molecule has 1 aromatic carbocycles. The molecule has 0 spiro atoms. The van der Waals surface area contributed by atoms with Gasteiger partial charge in [0.1, 0.15) is 11.1 Å². The summed E-state index contributed by atoms with van der Waals surface area (Å²) in [6.45, 7) is 2.28. The van der Waals surface area contributed by atoms with E-state index in [0.717, 1.165) is 0 Å². The van der Waals surface area contributed by atoms with Crippen LogP contribution in [0.25, 0.3) is 0 Å². The van der Waals surface area contributed by atoms with Gasteiger partial charge in [-0.1, -0.05) is 17.7 Å². The normalized spacial score (nSPS) is 18.6. The van der Waals surface area contributed by atoms with Gasteiger partial charge in [-0.3, -0.25) is 19.7 Å². The third-order valence-electron chi connectivity index (χ3n) is 3.17. The summed E-state index contributed by atoms with van der Waals surface area (Å²) in [6, 6.07) is 3.40. The number of nitrogens with zero attached hydrogens (tertiary/aromatic N) is 2. The van der Waals surface area contributed by atoms with Crippen molar-refractivity contribution in [3.8, 4) is 0 Å². The van der Waals surface area contributed by atoms with Crippen molar-refractivity contribution in [2.75, 3.05) is 13.1 Å². The van der Waals surface area contributed by atoms with Crippen LogP contribution in [0.4, 0.5) is 5.69 Å². The van der Waals surface area contributed by atoms with E-state index in [-0.39, 0.29) is 22.2 Å². The van der Waals surface area contributed by atoms with Crippen LogP contribution in [0.3, 0.4) is 0 Å². The standard InChI is InChI=1S/C12H12ClN3O4/c1-7-11(17)14-5-6-15(7)12(18)8-3-2-4-9(10(8)13)16(19)20/h2-4,7H,5-6H2,1H3,(H,14,17). The summed E-state index contributed by atoms with van der Waals surface area (Å²) < 4.78 is 0. The third kappa shape index (κ3) is 2.44. The van der Waals surface area contributed by atoms with Crippen molar-refractivity contribution in [3.63, 3.8) is 0 Å². The molecule has 8 heteroatoms. The van der Waals surface area contributed by atoms with Gasteiger partial charge in [0.05, 0.1) is 10.5 Å². The van der Waals surface area contributed by atoms with Gasteiger partial charge < -0.3 is 10.2 Å². The Morgan fingerprint density at radius 2 is 2.25 bits per heavy atom. The maximum absolute atomic E-state index is 12.4. The number of amides is 2. The van der Waals surface area contributed by atoms with Crippen molar-refractivity contribution < 1.29 is 14.5 Å². The summed E-state index contributed by atoms with van der Waals surface area (Å²) in [7, 11) is 0. The van der Waals surface area contributed by atoms with Gasteiger partial charge in [-0.15, -0.1) is 0 Å². The minimum Gasteiger partial charge on any atom is -0.353 e. The lowest BCUT2D eigenvalue weighted by atomic mass is 10.1. The van der Waals surface area contributed by atoms with Gasteiger partial charge in [0.15, 0.2) is 0 Å². The summed E-state index contributed by atoms with van der Waals surface area (Å²) in [6.07, 6.45) is 0. The molecule has 0 saturated carbocycles. The molecular formula is C12H12ClN3O4. The minimum atomic E-state index is -0.647. The van der Waals surface area contributed by atoms with Crippen LogP contribution in [0.1, 0.15) is 17.3 Å². The highest BCUT2D eigenvalue weighted by Crippen LogP contribution is 2.29. The largest absolute Gasteiger partial charge is 0.353 e. The number of nitro benzene ring substituents is 1. The van der Waals surface area contributed by atoms with Crippen LogP contribution < -0.4 is 5.32 Å². The van der Waals surface area contributed by atoms with E-state index in [1.54, 1.807) is 6.92 Å². The van der Waals surface area contributed by atoms with Crippen LogP contribution in [0, 0.1) is 10.1 Å². The van der Waals surface area contributed by atoms with Gasteiger partial charge in [0.25, 0.3) is 11.6 Å². The second kappa shape index (κ2) is 5.46. The van der Waals surface area contributed by atoms with Crippen molar-refractivity contribution in [3.05, 3.63) is 38.9 Å². The molecule has 1 aromatic rings. The Hall–Kier alpha value is -2.15. The van der Waals surface area contributed by atoms with Crippen molar-refractivity contribution in [1.82, 2.24) is 10.2 Å². The average molecular weight is 298 g/mol. The molecule has 20 heavy (non-hydrogen) atoms. The summed E-state index contributed by atoms with van der Waals surface area (Å²) in [4.78, 5) is 35.5. The van der Waals surface area contributed by atoms with Crippen LogP contribution in [0.15, 0.2) is 18.2 Å². The summed E-state index contributed by atoms with van der Waals surface area (Å²) >= 11 is 5.91.